The van der Waals surface area contributed by atoms with E-state index in [1.165, 1.54) is 12.8 Å². The lowest BCUT2D eigenvalue weighted by atomic mass is 9.44. The van der Waals surface area contributed by atoms with E-state index in [4.69, 9.17) is 0 Å². The average Bonchev–Trinajstić information content (AvgIpc) is 2.77. The molecular weight excluding hydrogens is 312 g/mol. The van der Waals surface area contributed by atoms with Crippen molar-refractivity contribution in [2.24, 2.45) is 40.4 Å². The molecule has 0 spiro atoms. The van der Waals surface area contributed by atoms with Crippen molar-refractivity contribution >= 4 is 5.78 Å². The Morgan fingerprint density at radius 3 is 2.40 bits per heavy atom. The average molecular weight is 349 g/mol. The third-order valence-electron chi connectivity index (χ3n) is 9.76. The lowest BCUT2D eigenvalue weighted by Gasteiger charge is -2.61. The summed E-state index contributed by atoms with van der Waals surface area (Å²) in [6.45, 7) is 8.37. The molecule has 4 saturated carbocycles. The first-order chi connectivity index (χ1) is 11.6. The van der Waals surface area contributed by atoms with E-state index >= 15 is 0 Å². The first kappa shape index (κ1) is 18.0. The van der Waals surface area contributed by atoms with E-state index in [-0.39, 0.29) is 23.2 Å². The Morgan fingerprint density at radius 1 is 1.00 bits per heavy atom. The minimum Gasteiger partial charge on any atom is -0.393 e. The van der Waals surface area contributed by atoms with Crippen molar-refractivity contribution < 1.29 is 15.0 Å². The Balaban J connectivity index is 1.67. The zero-order valence-electron chi connectivity index (χ0n) is 16.4. The zero-order valence-corrected chi connectivity index (χ0v) is 16.4. The van der Waals surface area contributed by atoms with Crippen molar-refractivity contribution in [3.63, 3.8) is 0 Å². The molecule has 3 nitrogen and oxygen atoms in total. The number of ketones is 1. The highest BCUT2D eigenvalue weighted by atomic mass is 16.3. The van der Waals surface area contributed by atoms with Crippen LogP contribution in [0.1, 0.15) is 79.1 Å². The van der Waals surface area contributed by atoms with Crippen LogP contribution in [-0.4, -0.2) is 27.7 Å². The van der Waals surface area contributed by atoms with Gasteiger partial charge in [-0.3, -0.25) is 4.79 Å². The van der Waals surface area contributed by atoms with Crippen LogP contribution in [0.4, 0.5) is 0 Å². The molecule has 0 amide bonds. The molecule has 3 heteroatoms. The quantitative estimate of drug-likeness (QED) is 0.754. The fraction of sp³-hybridized carbons (Fsp3) is 0.955. The maximum Gasteiger partial charge on any atom is 0.162 e. The third-order valence-corrected chi connectivity index (χ3v) is 9.76. The van der Waals surface area contributed by atoms with Gasteiger partial charge in [-0.25, -0.2) is 0 Å². The summed E-state index contributed by atoms with van der Waals surface area (Å²) >= 11 is 0. The van der Waals surface area contributed by atoms with Gasteiger partial charge < -0.3 is 10.2 Å². The molecule has 9 atom stereocenters. The summed E-state index contributed by atoms with van der Waals surface area (Å²) in [4.78, 5) is 12.4. The van der Waals surface area contributed by atoms with Crippen LogP contribution in [0, 0.1) is 40.4 Å². The molecule has 0 aromatic rings. The number of Topliss-reactive ketones (excluding diaryl/α,β-unsaturated/α-hetero) is 1. The first-order valence-corrected chi connectivity index (χ1v) is 10.6. The normalized spacial score (nSPS) is 58.2. The monoisotopic (exact) mass is 348 g/mol. The predicted molar refractivity (Wildman–Crippen MR) is 97.9 cm³/mol. The Bertz CT molecular complexity index is 574. The van der Waals surface area contributed by atoms with Gasteiger partial charge in [0.1, 0.15) is 5.60 Å². The Hall–Kier alpha value is -0.410. The van der Waals surface area contributed by atoms with Gasteiger partial charge in [0.2, 0.25) is 0 Å². The van der Waals surface area contributed by atoms with Gasteiger partial charge in [0.05, 0.1) is 6.10 Å². The van der Waals surface area contributed by atoms with Crippen molar-refractivity contribution in [3.05, 3.63) is 0 Å². The Kier molecular flexibility index (Phi) is 3.99. The maximum absolute atomic E-state index is 12.4. The molecule has 142 valence electrons. The first-order valence-electron chi connectivity index (χ1n) is 10.6. The largest absolute Gasteiger partial charge is 0.393 e. The van der Waals surface area contributed by atoms with E-state index < -0.39 is 5.60 Å². The van der Waals surface area contributed by atoms with E-state index in [0.717, 1.165) is 38.5 Å². The fourth-order valence-corrected chi connectivity index (χ4v) is 8.33. The highest BCUT2D eigenvalue weighted by molar-refractivity contribution is 5.86. The predicted octanol–water partition coefficient (Wildman–Crippen LogP) is 3.96. The van der Waals surface area contributed by atoms with Crippen molar-refractivity contribution in [2.45, 2.75) is 90.8 Å². The lowest BCUT2D eigenvalue weighted by molar-refractivity contribution is -0.175. The van der Waals surface area contributed by atoms with Crippen LogP contribution in [0.25, 0.3) is 0 Å². The fourth-order valence-electron chi connectivity index (χ4n) is 8.33. The van der Waals surface area contributed by atoms with Crippen LogP contribution >= 0.6 is 0 Å². The topological polar surface area (TPSA) is 57.5 Å². The van der Waals surface area contributed by atoms with Gasteiger partial charge >= 0.3 is 0 Å². The number of carbonyl (C=O) groups excluding carboxylic acids is 1. The van der Waals surface area contributed by atoms with Gasteiger partial charge in [0.25, 0.3) is 0 Å². The van der Waals surface area contributed by atoms with Crippen molar-refractivity contribution in [1.29, 1.82) is 0 Å². The Labute approximate surface area is 152 Å². The summed E-state index contributed by atoms with van der Waals surface area (Å²) in [5.41, 5.74) is -1.04. The molecule has 0 saturated heterocycles. The summed E-state index contributed by atoms with van der Waals surface area (Å²) in [7, 11) is 0. The molecule has 2 N–H and O–H groups in total. The molecule has 0 heterocycles. The standard InChI is InChI=1S/C22H36O3/c1-13-11-19-17-6-5-15-12-16(24)7-9-20(15,3)18(17)8-10-21(19,4)22(13,25)14(2)23/h13,15-19,24-25H,5-12H2,1-4H3/t13-,15-,16+,17+,18-,19-,20-,21-,22-/m1/s1. The van der Waals surface area contributed by atoms with Gasteiger partial charge in [-0.05, 0) is 93.3 Å². The summed E-state index contributed by atoms with van der Waals surface area (Å²) < 4.78 is 0. The Morgan fingerprint density at radius 2 is 1.72 bits per heavy atom. The van der Waals surface area contributed by atoms with E-state index in [1.54, 1.807) is 6.92 Å². The molecule has 0 unspecified atom stereocenters. The van der Waals surface area contributed by atoms with Crippen LogP contribution in [0.5, 0.6) is 0 Å². The molecule has 25 heavy (non-hydrogen) atoms. The van der Waals surface area contributed by atoms with Crippen LogP contribution in [0.3, 0.4) is 0 Å². The number of rotatable bonds is 1. The van der Waals surface area contributed by atoms with Crippen LogP contribution in [-0.2, 0) is 4.79 Å². The lowest BCUT2D eigenvalue weighted by Crippen LogP contribution is -2.59. The molecule has 0 radical (unpaired) electrons. The molecule has 0 bridgehead atoms. The van der Waals surface area contributed by atoms with E-state index in [9.17, 15) is 15.0 Å². The van der Waals surface area contributed by atoms with Gasteiger partial charge in [-0.2, -0.15) is 0 Å². The molecule has 4 rings (SSSR count). The number of hydrogen-bond acceptors (Lipinski definition) is 3. The van der Waals surface area contributed by atoms with Crippen molar-refractivity contribution in [3.8, 4) is 0 Å². The second-order valence-electron chi connectivity index (χ2n) is 10.5. The van der Waals surface area contributed by atoms with E-state index in [1.807, 2.05) is 0 Å². The van der Waals surface area contributed by atoms with E-state index in [2.05, 4.69) is 20.8 Å². The van der Waals surface area contributed by atoms with Gasteiger partial charge in [-0.15, -0.1) is 0 Å². The van der Waals surface area contributed by atoms with Crippen molar-refractivity contribution in [1.82, 2.24) is 0 Å². The molecule has 0 aromatic carbocycles. The molecule has 0 aromatic heterocycles. The third kappa shape index (κ3) is 2.15. The molecule has 4 aliphatic carbocycles. The summed E-state index contributed by atoms with van der Waals surface area (Å²) in [5, 5.41) is 21.6. The second-order valence-corrected chi connectivity index (χ2v) is 10.5. The second kappa shape index (κ2) is 5.55. The molecule has 4 fully saturated rings. The summed E-state index contributed by atoms with van der Waals surface area (Å²) in [5.74, 6) is 2.53. The number of aliphatic hydroxyl groups is 2. The number of carbonyl (C=O) groups is 1. The van der Waals surface area contributed by atoms with Crippen LogP contribution in [0.2, 0.25) is 0 Å². The zero-order chi connectivity index (χ0) is 18.2. The smallest absolute Gasteiger partial charge is 0.162 e. The van der Waals surface area contributed by atoms with Gasteiger partial charge in [0.15, 0.2) is 5.78 Å². The van der Waals surface area contributed by atoms with Gasteiger partial charge in [0, 0.05) is 5.41 Å². The summed E-state index contributed by atoms with van der Waals surface area (Å²) in [6, 6.07) is 0. The number of fused-ring (bicyclic) bond motifs is 5. The maximum atomic E-state index is 12.4. The number of aliphatic hydroxyl groups excluding tert-OH is 1. The summed E-state index contributed by atoms with van der Waals surface area (Å²) in [6.07, 6.45) is 8.53. The van der Waals surface area contributed by atoms with Gasteiger partial charge in [-0.1, -0.05) is 20.8 Å². The minimum atomic E-state index is -1.14. The number of hydrogen-bond donors (Lipinski definition) is 2. The van der Waals surface area contributed by atoms with Crippen LogP contribution in [0.15, 0.2) is 0 Å². The SMILES string of the molecule is CC(=O)[C@]1(O)[C@H](C)C[C@@H]2[C@H]3CC[C@@H]4C[C@@H](O)CC[C@@]4(C)[C@@H]3CC[C@]21C. The highest BCUT2D eigenvalue weighted by Gasteiger charge is 2.68. The van der Waals surface area contributed by atoms with Crippen molar-refractivity contribution in [2.75, 3.05) is 0 Å². The molecule has 4 aliphatic rings. The van der Waals surface area contributed by atoms with Crippen LogP contribution < -0.4 is 0 Å². The minimum absolute atomic E-state index is 0.0239. The molecule has 0 aliphatic heterocycles. The molecular formula is C22H36O3. The van der Waals surface area contributed by atoms with E-state index in [0.29, 0.717) is 29.1 Å². The highest BCUT2D eigenvalue weighted by Crippen LogP contribution is 2.69.